The molecule has 0 saturated carbocycles. The molecule has 1 N–H and O–H groups in total. The van der Waals surface area contributed by atoms with Crippen LogP contribution >= 0.6 is 0 Å². The minimum atomic E-state index is -0.862. The second kappa shape index (κ2) is 7.45. The molecule has 1 amide bonds. The first-order valence-corrected chi connectivity index (χ1v) is 8.16. The fourth-order valence-corrected chi connectivity index (χ4v) is 2.97. The van der Waals surface area contributed by atoms with Gasteiger partial charge in [0.15, 0.2) is 6.61 Å². The predicted molar refractivity (Wildman–Crippen MR) is 90.4 cm³/mol. The summed E-state index contributed by atoms with van der Waals surface area (Å²) in [5.41, 5.74) is 1.16. The van der Waals surface area contributed by atoms with Crippen molar-refractivity contribution in [3.8, 4) is 23.3 Å². The van der Waals surface area contributed by atoms with Crippen molar-refractivity contribution in [3.63, 3.8) is 0 Å². The number of Topliss-reactive ketones (excluding diaryl/α,β-unsaturated/α-hetero) is 1. The average molecular weight is 344 g/mol. The van der Waals surface area contributed by atoms with Crippen molar-refractivity contribution in [2.24, 2.45) is 0 Å². The van der Waals surface area contributed by atoms with Crippen LogP contribution in [0.25, 0.3) is 0 Å². The largest absolute Gasteiger partial charge is 0.495 e. The van der Waals surface area contributed by atoms with Crippen LogP contribution in [0.1, 0.15) is 22.3 Å². The normalized spacial score (nSPS) is 16.7. The first kappa shape index (κ1) is 17.1. The molecule has 2 heterocycles. The van der Waals surface area contributed by atoms with Gasteiger partial charge in [-0.2, -0.15) is 0 Å². The molecule has 1 saturated heterocycles. The number of fused-ring (bicyclic) bond motifs is 1. The van der Waals surface area contributed by atoms with E-state index >= 15 is 0 Å². The number of amides is 1. The molecule has 25 heavy (non-hydrogen) atoms. The number of ketones is 1. The standard InChI is InChI=1S/C18H20N2O5/c1-24-16-6-5-13-15(21)12-25-17(13)14(16)4-2-3-7-19-8-10-20(11-9-19)18(22)23/h5-6H,3,7-12H2,1H3,(H,22,23). The van der Waals surface area contributed by atoms with E-state index in [1.54, 1.807) is 19.2 Å². The van der Waals surface area contributed by atoms with E-state index in [1.807, 2.05) is 0 Å². The van der Waals surface area contributed by atoms with Crippen LogP contribution in [-0.2, 0) is 0 Å². The lowest BCUT2D eigenvalue weighted by molar-refractivity contribution is 0.0960. The summed E-state index contributed by atoms with van der Waals surface area (Å²) in [6.45, 7) is 3.31. The van der Waals surface area contributed by atoms with Gasteiger partial charge in [-0.3, -0.25) is 9.69 Å². The summed E-state index contributed by atoms with van der Waals surface area (Å²) in [5, 5.41) is 8.95. The molecule has 1 aromatic carbocycles. The molecule has 1 aromatic rings. The Balaban J connectivity index is 1.61. The van der Waals surface area contributed by atoms with Crippen LogP contribution in [0.5, 0.6) is 11.5 Å². The van der Waals surface area contributed by atoms with E-state index in [2.05, 4.69) is 16.7 Å². The molecule has 0 bridgehead atoms. The number of hydrogen-bond acceptors (Lipinski definition) is 5. The quantitative estimate of drug-likeness (QED) is 0.833. The molecule has 0 unspecified atom stereocenters. The summed E-state index contributed by atoms with van der Waals surface area (Å²) in [6, 6.07) is 3.44. The molecule has 132 valence electrons. The molecular weight excluding hydrogens is 324 g/mol. The highest BCUT2D eigenvalue weighted by molar-refractivity contribution is 6.03. The molecule has 0 radical (unpaired) electrons. The molecular formula is C18H20N2O5. The van der Waals surface area contributed by atoms with Gasteiger partial charge < -0.3 is 19.5 Å². The summed E-state index contributed by atoms with van der Waals surface area (Å²) in [7, 11) is 1.56. The third kappa shape index (κ3) is 3.69. The molecule has 0 spiro atoms. The fraction of sp³-hybridized carbons (Fsp3) is 0.444. The predicted octanol–water partition coefficient (Wildman–Crippen LogP) is 1.31. The summed E-state index contributed by atoms with van der Waals surface area (Å²) in [6.07, 6.45) is -0.215. The number of carboxylic acid groups (broad SMARTS) is 1. The number of nitrogens with zero attached hydrogens (tertiary/aromatic N) is 2. The lowest BCUT2D eigenvalue weighted by Gasteiger charge is -2.32. The fourth-order valence-electron chi connectivity index (χ4n) is 2.97. The van der Waals surface area contributed by atoms with Crippen molar-refractivity contribution in [1.29, 1.82) is 0 Å². The lowest BCUT2D eigenvalue weighted by Crippen LogP contribution is -2.48. The minimum absolute atomic E-state index is 0.0444. The molecule has 2 aliphatic rings. The summed E-state index contributed by atoms with van der Waals surface area (Å²) in [5.74, 6) is 7.23. The third-order valence-corrected chi connectivity index (χ3v) is 4.40. The van der Waals surface area contributed by atoms with Gasteiger partial charge in [0.25, 0.3) is 0 Å². The Labute approximate surface area is 146 Å². The van der Waals surface area contributed by atoms with Gasteiger partial charge in [0.1, 0.15) is 17.1 Å². The maximum absolute atomic E-state index is 11.8. The van der Waals surface area contributed by atoms with Crippen LogP contribution < -0.4 is 9.47 Å². The number of hydrogen-bond donors (Lipinski definition) is 1. The molecule has 7 nitrogen and oxygen atoms in total. The highest BCUT2D eigenvalue weighted by atomic mass is 16.5. The number of benzene rings is 1. The van der Waals surface area contributed by atoms with E-state index in [9.17, 15) is 9.59 Å². The Hall–Kier alpha value is -2.72. The zero-order valence-electron chi connectivity index (χ0n) is 14.1. The maximum Gasteiger partial charge on any atom is 0.407 e. The van der Waals surface area contributed by atoms with Gasteiger partial charge in [-0.05, 0) is 12.1 Å². The Kier molecular flexibility index (Phi) is 5.10. The highest BCUT2D eigenvalue weighted by Gasteiger charge is 2.25. The van der Waals surface area contributed by atoms with Crippen LogP contribution in [0.2, 0.25) is 0 Å². The van der Waals surface area contributed by atoms with E-state index in [-0.39, 0.29) is 12.4 Å². The van der Waals surface area contributed by atoms with Crippen molar-refractivity contribution < 1.29 is 24.2 Å². The van der Waals surface area contributed by atoms with Gasteiger partial charge in [0.05, 0.1) is 12.7 Å². The third-order valence-electron chi connectivity index (χ3n) is 4.40. The Morgan fingerprint density at radius 2 is 2.08 bits per heavy atom. The number of rotatable bonds is 3. The molecule has 0 aromatic heterocycles. The number of carbonyl (C=O) groups excluding carboxylic acids is 1. The van der Waals surface area contributed by atoms with Crippen molar-refractivity contribution >= 4 is 11.9 Å². The van der Waals surface area contributed by atoms with E-state index in [0.717, 1.165) is 19.6 Å². The van der Waals surface area contributed by atoms with Crippen molar-refractivity contribution in [2.75, 3.05) is 46.4 Å². The second-order valence-electron chi connectivity index (χ2n) is 5.89. The second-order valence-corrected chi connectivity index (χ2v) is 5.89. The number of piperazine rings is 1. The van der Waals surface area contributed by atoms with Crippen LogP contribution in [0.15, 0.2) is 12.1 Å². The van der Waals surface area contributed by atoms with Crippen molar-refractivity contribution in [2.45, 2.75) is 6.42 Å². The van der Waals surface area contributed by atoms with E-state index in [4.69, 9.17) is 14.6 Å². The maximum atomic E-state index is 11.8. The Morgan fingerprint density at radius 1 is 1.32 bits per heavy atom. The van der Waals surface area contributed by atoms with Gasteiger partial charge in [0, 0.05) is 39.1 Å². The minimum Gasteiger partial charge on any atom is -0.495 e. The monoisotopic (exact) mass is 344 g/mol. The zero-order chi connectivity index (χ0) is 17.8. The van der Waals surface area contributed by atoms with Crippen LogP contribution in [0, 0.1) is 11.8 Å². The number of carbonyl (C=O) groups is 2. The van der Waals surface area contributed by atoms with Gasteiger partial charge in [-0.25, -0.2) is 4.79 Å². The van der Waals surface area contributed by atoms with Crippen LogP contribution in [0.4, 0.5) is 4.79 Å². The SMILES string of the molecule is COc1ccc2c(c1C#CCCN1CCN(C(=O)O)CC1)OCC2=O. The topological polar surface area (TPSA) is 79.3 Å². The summed E-state index contributed by atoms with van der Waals surface area (Å²) in [4.78, 5) is 26.3. The average Bonchev–Trinajstić information content (AvgIpc) is 3.00. The van der Waals surface area contributed by atoms with Gasteiger partial charge in [-0.15, -0.1) is 0 Å². The molecule has 2 aliphatic heterocycles. The Morgan fingerprint density at radius 3 is 2.76 bits per heavy atom. The number of ether oxygens (including phenoxy) is 2. The van der Waals surface area contributed by atoms with Gasteiger partial charge in [-0.1, -0.05) is 11.8 Å². The van der Waals surface area contributed by atoms with Gasteiger partial charge in [0.2, 0.25) is 5.78 Å². The Bertz CT molecular complexity index is 742. The molecule has 0 aliphatic carbocycles. The molecule has 3 rings (SSSR count). The summed E-state index contributed by atoms with van der Waals surface area (Å²) >= 11 is 0. The van der Waals surface area contributed by atoms with Gasteiger partial charge >= 0.3 is 6.09 Å². The van der Waals surface area contributed by atoms with Crippen LogP contribution in [0.3, 0.4) is 0 Å². The van der Waals surface area contributed by atoms with E-state index in [0.29, 0.717) is 42.1 Å². The van der Waals surface area contributed by atoms with Crippen LogP contribution in [-0.4, -0.2) is 73.2 Å². The smallest absolute Gasteiger partial charge is 0.407 e. The zero-order valence-corrected chi connectivity index (χ0v) is 14.1. The molecule has 1 fully saturated rings. The number of methoxy groups -OCH3 is 1. The highest BCUT2D eigenvalue weighted by Crippen LogP contribution is 2.35. The van der Waals surface area contributed by atoms with E-state index < -0.39 is 6.09 Å². The first-order chi connectivity index (χ1) is 12.1. The first-order valence-electron chi connectivity index (χ1n) is 8.16. The lowest BCUT2D eigenvalue weighted by atomic mass is 10.1. The summed E-state index contributed by atoms with van der Waals surface area (Å²) < 4.78 is 10.8. The van der Waals surface area contributed by atoms with Crippen molar-refractivity contribution in [3.05, 3.63) is 23.3 Å². The van der Waals surface area contributed by atoms with Crippen molar-refractivity contribution in [1.82, 2.24) is 9.80 Å². The van der Waals surface area contributed by atoms with E-state index in [1.165, 1.54) is 4.90 Å². The molecule has 0 atom stereocenters. The molecule has 7 heteroatoms.